The topological polar surface area (TPSA) is 88.1 Å². The lowest BCUT2D eigenvalue weighted by atomic mass is 9.95. The Kier molecular flexibility index (Phi) is 6.35. The monoisotopic (exact) mass is 487 g/mol. The first-order valence-corrected chi connectivity index (χ1v) is 13.2. The summed E-state index contributed by atoms with van der Waals surface area (Å²) in [5, 5.41) is 0.471. The molecule has 2 aliphatic heterocycles. The van der Waals surface area contributed by atoms with Crippen molar-refractivity contribution in [1.29, 1.82) is 0 Å². The summed E-state index contributed by atoms with van der Waals surface area (Å²) >= 11 is 7.70. The van der Waals surface area contributed by atoms with Crippen molar-refractivity contribution < 1.29 is 22.3 Å². The number of nitrogens with one attached hydrogen (secondary N) is 1. The molecule has 1 aromatic carbocycles. The molecule has 168 valence electrons. The first-order chi connectivity index (χ1) is 14.7. The van der Waals surface area contributed by atoms with Crippen LogP contribution in [0, 0.1) is 5.82 Å². The third-order valence-electron chi connectivity index (χ3n) is 5.45. The summed E-state index contributed by atoms with van der Waals surface area (Å²) in [6.07, 6.45) is 3.53. The van der Waals surface area contributed by atoms with Crippen molar-refractivity contribution in [2.45, 2.75) is 43.5 Å². The van der Waals surface area contributed by atoms with Gasteiger partial charge >= 0.3 is 5.97 Å². The van der Waals surface area contributed by atoms with E-state index < -0.39 is 27.9 Å². The lowest BCUT2D eigenvalue weighted by molar-refractivity contribution is -0.139. The quantitative estimate of drug-likeness (QED) is 0.620. The number of carbonyl (C=O) groups is 1. The lowest BCUT2D eigenvalue weighted by Gasteiger charge is -2.31. The van der Waals surface area contributed by atoms with E-state index in [1.807, 2.05) is 11.2 Å². The Balaban J connectivity index is 1.76. The van der Waals surface area contributed by atoms with Crippen LogP contribution in [0.25, 0.3) is 0 Å². The SMILES string of the molecule is CCOC(=O)C1=C2C[C@H](NS(=O)(=O)C3CC3)CN2C(SC)=N[C@H]1c1ccc(F)cc1Cl. The molecule has 31 heavy (non-hydrogen) atoms. The predicted octanol–water partition coefficient (Wildman–Crippen LogP) is 3.23. The lowest BCUT2D eigenvalue weighted by Crippen LogP contribution is -2.40. The molecule has 1 aliphatic carbocycles. The number of carbonyl (C=O) groups excluding carboxylic acids is 1. The predicted molar refractivity (Wildman–Crippen MR) is 119 cm³/mol. The number of amidine groups is 1. The zero-order valence-corrected chi connectivity index (χ0v) is 19.5. The number of hydrogen-bond donors (Lipinski definition) is 1. The van der Waals surface area contributed by atoms with Crippen LogP contribution in [0.4, 0.5) is 4.39 Å². The number of rotatable bonds is 6. The number of nitrogens with zero attached hydrogens (tertiary/aromatic N) is 2. The van der Waals surface area contributed by atoms with Crippen molar-refractivity contribution in [2.24, 2.45) is 4.99 Å². The molecule has 4 rings (SSSR count). The van der Waals surface area contributed by atoms with Gasteiger partial charge in [0.05, 0.1) is 17.4 Å². The van der Waals surface area contributed by atoms with E-state index in [1.54, 1.807) is 6.92 Å². The molecule has 1 saturated heterocycles. The minimum atomic E-state index is -3.39. The summed E-state index contributed by atoms with van der Waals surface area (Å²) in [6.45, 7) is 2.26. The number of benzene rings is 1. The van der Waals surface area contributed by atoms with Crippen LogP contribution in [0.3, 0.4) is 0 Å². The van der Waals surface area contributed by atoms with Crippen molar-refractivity contribution >= 4 is 44.5 Å². The fourth-order valence-corrected chi connectivity index (χ4v) is 6.38. The minimum Gasteiger partial charge on any atom is -0.463 e. The van der Waals surface area contributed by atoms with Crippen molar-refractivity contribution in [3.05, 3.63) is 45.9 Å². The highest BCUT2D eigenvalue weighted by atomic mass is 35.5. The third-order valence-corrected chi connectivity index (χ3v) is 8.48. The molecule has 1 aromatic rings. The Labute approximate surface area is 190 Å². The van der Waals surface area contributed by atoms with E-state index in [0.717, 1.165) is 0 Å². The largest absolute Gasteiger partial charge is 0.463 e. The van der Waals surface area contributed by atoms with Crippen molar-refractivity contribution in [1.82, 2.24) is 9.62 Å². The third kappa shape index (κ3) is 4.48. The maximum Gasteiger partial charge on any atom is 0.338 e. The van der Waals surface area contributed by atoms with Crippen molar-refractivity contribution in [2.75, 3.05) is 19.4 Å². The van der Waals surface area contributed by atoms with Crippen LogP contribution in [0.1, 0.15) is 37.8 Å². The van der Waals surface area contributed by atoms with Crippen LogP contribution in [0.15, 0.2) is 34.5 Å². The fourth-order valence-electron chi connectivity index (χ4n) is 3.93. The van der Waals surface area contributed by atoms with Crippen LogP contribution < -0.4 is 4.72 Å². The molecule has 0 radical (unpaired) electrons. The Morgan fingerprint density at radius 3 is 2.77 bits per heavy atom. The van der Waals surface area contributed by atoms with E-state index in [2.05, 4.69) is 4.72 Å². The molecule has 1 N–H and O–H groups in total. The summed E-state index contributed by atoms with van der Waals surface area (Å²) in [5.74, 6) is -1.02. The molecule has 2 atom stereocenters. The maximum atomic E-state index is 13.6. The number of fused-ring (bicyclic) bond motifs is 1. The van der Waals surface area contributed by atoms with Gasteiger partial charge < -0.3 is 9.64 Å². The highest BCUT2D eigenvalue weighted by Crippen LogP contribution is 2.43. The van der Waals surface area contributed by atoms with Crippen LogP contribution in [0.5, 0.6) is 0 Å². The van der Waals surface area contributed by atoms with Gasteiger partial charge in [0.1, 0.15) is 11.9 Å². The summed E-state index contributed by atoms with van der Waals surface area (Å²) in [6, 6.07) is 2.83. The summed E-state index contributed by atoms with van der Waals surface area (Å²) < 4.78 is 46.6. The Morgan fingerprint density at radius 2 is 2.16 bits per heavy atom. The molecule has 1 saturated carbocycles. The van der Waals surface area contributed by atoms with Gasteiger partial charge in [-0.1, -0.05) is 29.4 Å². The van der Waals surface area contributed by atoms with Crippen molar-refractivity contribution in [3.8, 4) is 0 Å². The average Bonchev–Trinajstić information content (AvgIpc) is 3.49. The molecule has 2 heterocycles. The summed E-state index contributed by atoms with van der Waals surface area (Å²) in [7, 11) is -3.39. The summed E-state index contributed by atoms with van der Waals surface area (Å²) in [4.78, 5) is 19.6. The van der Waals surface area contributed by atoms with E-state index in [1.165, 1.54) is 30.0 Å². The molecule has 0 bridgehead atoms. The smallest absolute Gasteiger partial charge is 0.338 e. The number of sulfonamides is 1. The molecular weight excluding hydrogens is 465 g/mol. The van der Waals surface area contributed by atoms with Gasteiger partial charge in [0.25, 0.3) is 0 Å². The molecule has 0 spiro atoms. The molecule has 0 amide bonds. The second-order valence-corrected chi connectivity index (χ2v) is 10.8. The van der Waals surface area contributed by atoms with Gasteiger partial charge in [-0.3, -0.25) is 0 Å². The van der Waals surface area contributed by atoms with Gasteiger partial charge in [-0.2, -0.15) is 0 Å². The minimum absolute atomic E-state index is 0.161. The van der Waals surface area contributed by atoms with Crippen LogP contribution in [-0.4, -0.2) is 55.2 Å². The number of thioether (sulfide) groups is 1. The summed E-state index contributed by atoms with van der Waals surface area (Å²) in [5.41, 5.74) is 1.46. The van der Waals surface area contributed by atoms with Crippen LogP contribution in [0.2, 0.25) is 5.02 Å². The first kappa shape index (κ1) is 22.6. The Bertz CT molecular complexity index is 1070. The van der Waals surface area contributed by atoms with Gasteiger partial charge in [0, 0.05) is 35.3 Å². The van der Waals surface area contributed by atoms with Gasteiger partial charge in [0.2, 0.25) is 10.0 Å². The Hall–Kier alpha value is -1.62. The number of hydrogen-bond acceptors (Lipinski definition) is 7. The zero-order valence-electron chi connectivity index (χ0n) is 17.1. The molecular formula is C20H23ClFN3O4S2. The molecule has 3 aliphatic rings. The van der Waals surface area contributed by atoms with E-state index in [4.69, 9.17) is 21.3 Å². The van der Waals surface area contributed by atoms with Crippen molar-refractivity contribution in [3.63, 3.8) is 0 Å². The standard InChI is InChI=1S/C20H23ClFN3O4S2/c1-3-29-19(26)17-16-9-12(24-31(27,28)13-5-6-13)10-25(16)20(30-2)23-18(17)14-7-4-11(22)8-15(14)21/h4,7-8,12-13,18,24H,3,5-6,9-10H2,1-2H3/t12-,18-/m0/s1. The van der Waals surface area contributed by atoms with Gasteiger partial charge in [-0.25, -0.2) is 27.3 Å². The highest BCUT2D eigenvalue weighted by molar-refractivity contribution is 8.13. The zero-order chi connectivity index (χ0) is 22.3. The molecule has 0 aromatic heterocycles. The second-order valence-electron chi connectivity index (χ2n) is 7.64. The van der Waals surface area contributed by atoms with Gasteiger partial charge in [-0.15, -0.1) is 0 Å². The molecule has 11 heteroatoms. The number of ether oxygens (including phenoxy) is 1. The molecule has 7 nitrogen and oxygen atoms in total. The first-order valence-electron chi connectivity index (χ1n) is 10.0. The fraction of sp³-hybridized carbons (Fsp3) is 0.500. The van der Waals surface area contributed by atoms with E-state index in [0.29, 0.717) is 47.8 Å². The van der Waals surface area contributed by atoms with Crippen LogP contribution >= 0.6 is 23.4 Å². The van der Waals surface area contributed by atoms with Gasteiger partial charge in [-0.05, 0) is 38.2 Å². The maximum absolute atomic E-state index is 13.6. The van der Waals surface area contributed by atoms with E-state index in [-0.39, 0.29) is 22.9 Å². The van der Waals surface area contributed by atoms with Gasteiger partial charge in [0.15, 0.2) is 5.17 Å². The van der Waals surface area contributed by atoms with E-state index in [9.17, 15) is 17.6 Å². The molecule has 0 unspecified atom stereocenters. The number of esters is 1. The number of halogens is 2. The van der Waals surface area contributed by atoms with E-state index >= 15 is 0 Å². The molecule has 2 fully saturated rings. The average molecular weight is 488 g/mol. The van der Waals surface area contributed by atoms with Crippen LogP contribution in [-0.2, 0) is 19.6 Å². The second kappa shape index (κ2) is 8.73. The normalized spacial score (nSPS) is 23.6. The Morgan fingerprint density at radius 1 is 1.42 bits per heavy atom. The highest BCUT2D eigenvalue weighted by Gasteiger charge is 2.44. The number of aliphatic imine (C=N–C) groups is 1.